The monoisotopic (exact) mass is 420 g/mol. The summed E-state index contributed by atoms with van der Waals surface area (Å²) < 4.78 is 5.07. The quantitative estimate of drug-likeness (QED) is 0.447. The van der Waals surface area contributed by atoms with Crippen LogP contribution in [-0.2, 0) is 0 Å². The molecule has 0 aliphatic heterocycles. The van der Waals surface area contributed by atoms with Gasteiger partial charge in [0.25, 0.3) is 5.91 Å². The summed E-state index contributed by atoms with van der Waals surface area (Å²) in [6.45, 7) is 1.95. The lowest BCUT2D eigenvalue weighted by atomic mass is 10.2. The number of carbonyl (C=O) groups is 1. The Bertz CT molecular complexity index is 879. The molecule has 0 aliphatic rings. The van der Waals surface area contributed by atoms with E-state index in [2.05, 4.69) is 22.6 Å². The van der Waals surface area contributed by atoms with Crippen LogP contribution in [0.3, 0.4) is 0 Å². The maximum atomic E-state index is 12.6. The molecule has 110 valence electrons. The fourth-order valence-electron chi connectivity index (χ4n) is 2.33. The number of aryl methyl sites for hydroxylation is 1. The Morgan fingerprint density at radius 1 is 1.05 bits per heavy atom. The fourth-order valence-corrected chi connectivity index (χ4v) is 3.07. The molecule has 0 saturated heterocycles. The van der Waals surface area contributed by atoms with Crippen LogP contribution in [0.25, 0.3) is 5.69 Å². The van der Waals surface area contributed by atoms with Gasteiger partial charge in [0.15, 0.2) is 4.77 Å². The number of nitrogens with zero attached hydrogens (tertiary/aromatic N) is 2. The van der Waals surface area contributed by atoms with E-state index in [0.29, 0.717) is 10.3 Å². The van der Waals surface area contributed by atoms with Crippen LogP contribution >= 0.6 is 34.8 Å². The maximum absolute atomic E-state index is 12.6. The van der Waals surface area contributed by atoms with E-state index in [9.17, 15) is 4.79 Å². The Morgan fingerprint density at radius 2 is 1.68 bits per heavy atom. The van der Waals surface area contributed by atoms with Gasteiger partial charge in [-0.05, 0) is 78.1 Å². The summed E-state index contributed by atoms with van der Waals surface area (Å²) in [5.41, 5.74) is 2.51. The van der Waals surface area contributed by atoms with Crippen LogP contribution in [0.4, 0.5) is 0 Å². The zero-order valence-electron chi connectivity index (χ0n) is 11.9. The van der Waals surface area contributed by atoms with Gasteiger partial charge in [-0.3, -0.25) is 13.9 Å². The molecule has 3 rings (SSSR count). The molecule has 1 aromatic heterocycles. The first-order valence-corrected chi connectivity index (χ1v) is 8.23. The van der Waals surface area contributed by atoms with Crippen LogP contribution in [0.2, 0.25) is 0 Å². The largest absolute Gasteiger partial charge is 0.289 e. The molecule has 0 atom stereocenters. The molecular formula is C17H13IN2OS. The van der Waals surface area contributed by atoms with Crippen molar-refractivity contribution in [1.82, 2.24) is 9.13 Å². The summed E-state index contributed by atoms with van der Waals surface area (Å²) in [6.07, 6.45) is 1.79. The van der Waals surface area contributed by atoms with Crippen molar-refractivity contribution in [1.29, 1.82) is 0 Å². The van der Waals surface area contributed by atoms with Crippen molar-refractivity contribution in [3.63, 3.8) is 0 Å². The van der Waals surface area contributed by atoms with Crippen LogP contribution in [0.5, 0.6) is 0 Å². The second kappa shape index (κ2) is 6.18. The van der Waals surface area contributed by atoms with E-state index in [1.807, 2.05) is 54.0 Å². The highest BCUT2D eigenvalue weighted by Crippen LogP contribution is 2.17. The third kappa shape index (κ3) is 2.78. The van der Waals surface area contributed by atoms with E-state index in [1.54, 1.807) is 18.3 Å². The minimum absolute atomic E-state index is 0.113. The van der Waals surface area contributed by atoms with Gasteiger partial charge in [-0.1, -0.05) is 18.2 Å². The van der Waals surface area contributed by atoms with E-state index in [1.165, 1.54) is 4.57 Å². The maximum Gasteiger partial charge on any atom is 0.264 e. The number of benzene rings is 2. The molecule has 5 heteroatoms. The molecule has 0 amide bonds. The van der Waals surface area contributed by atoms with Gasteiger partial charge in [0.1, 0.15) is 0 Å². The molecule has 22 heavy (non-hydrogen) atoms. The van der Waals surface area contributed by atoms with Crippen molar-refractivity contribution < 1.29 is 4.79 Å². The first-order chi connectivity index (χ1) is 10.6. The topological polar surface area (TPSA) is 26.9 Å². The Labute approximate surface area is 147 Å². The third-order valence-electron chi connectivity index (χ3n) is 3.39. The molecule has 3 aromatic rings. The highest BCUT2D eigenvalue weighted by Gasteiger charge is 2.14. The van der Waals surface area contributed by atoms with Gasteiger partial charge in [0.05, 0.1) is 0 Å². The lowest BCUT2D eigenvalue weighted by molar-refractivity contribution is 0.0958. The zero-order valence-corrected chi connectivity index (χ0v) is 14.8. The molecule has 0 fully saturated rings. The standard InChI is InChI=1S/C17H13IN2OS/c1-12-11-19(16(21)13-5-3-2-4-6-13)17(22)20(12)15-9-7-14(18)8-10-15/h2-11H,1H3. The molecule has 2 aromatic carbocycles. The number of imidazole rings is 1. The molecular weight excluding hydrogens is 407 g/mol. The molecule has 0 unspecified atom stereocenters. The second-order valence-corrected chi connectivity index (χ2v) is 6.52. The highest BCUT2D eigenvalue weighted by molar-refractivity contribution is 14.1. The lowest BCUT2D eigenvalue weighted by Crippen LogP contribution is -2.11. The van der Waals surface area contributed by atoms with E-state index in [0.717, 1.165) is 15.0 Å². The summed E-state index contributed by atoms with van der Waals surface area (Å²) in [4.78, 5) is 12.6. The molecule has 0 bridgehead atoms. The van der Waals surface area contributed by atoms with Gasteiger partial charge < -0.3 is 0 Å². The number of aromatic nitrogens is 2. The number of carbonyl (C=O) groups excluding carboxylic acids is 1. The van der Waals surface area contributed by atoms with Gasteiger partial charge in [-0.15, -0.1) is 0 Å². The minimum Gasteiger partial charge on any atom is -0.289 e. The average Bonchev–Trinajstić information content (AvgIpc) is 2.83. The number of rotatable bonds is 2. The number of hydrogen-bond acceptors (Lipinski definition) is 2. The Kier molecular flexibility index (Phi) is 4.26. The average molecular weight is 420 g/mol. The smallest absolute Gasteiger partial charge is 0.264 e. The van der Waals surface area contributed by atoms with Crippen LogP contribution in [0.15, 0.2) is 60.8 Å². The first kappa shape index (κ1) is 15.2. The minimum atomic E-state index is -0.113. The molecule has 0 radical (unpaired) electrons. The first-order valence-electron chi connectivity index (χ1n) is 6.74. The van der Waals surface area contributed by atoms with Crippen LogP contribution in [0, 0.1) is 15.3 Å². The summed E-state index contributed by atoms with van der Waals surface area (Å²) in [5, 5.41) is 0. The van der Waals surface area contributed by atoms with Crippen molar-refractivity contribution in [3.05, 3.63) is 80.4 Å². The van der Waals surface area contributed by atoms with Crippen molar-refractivity contribution in [2.45, 2.75) is 6.92 Å². The molecule has 1 heterocycles. The Hall–Kier alpha value is -1.73. The zero-order chi connectivity index (χ0) is 15.7. The van der Waals surface area contributed by atoms with Crippen LogP contribution in [-0.4, -0.2) is 15.0 Å². The summed E-state index contributed by atoms with van der Waals surface area (Å²) in [6, 6.07) is 17.2. The highest BCUT2D eigenvalue weighted by atomic mass is 127. The molecule has 0 aliphatic carbocycles. The van der Waals surface area contributed by atoms with E-state index in [4.69, 9.17) is 12.2 Å². The van der Waals surface area contributed by atoms with Gasteiger partial charge in [-0.25, -0.2) is 0 Å². The number of hydrogen-bond donors (Lipinski definition) is 0. The van der Waals surface area contributed by atoms with E-state index >= 15 is 0 Å². The molecule has 3 nitrogen and oxygen atoms in total. The predicted octanol–water partition coefficient (Wildman–Crippen LogP) is 4.61. The fraction of sp³-hybridized carbons (Fsp3) is 0.0588. The summed E-state index contributed by atoms with van der Waals surface area (Å²) in [5.74, 6) is -0.113. The van der Waals surface area contributed by atoms with Crippen molar-refractivity contribution in [2.75, 3.05) is 0 Å². The van der Waals surface area contributed by atoms with Gasteiger partial charge in [-0.2, -0.15) is 0 Å². The predicted molar refractivity (Wildman–Crippen MR) is 98.2 cm³/mol. The summed E-state index contributed by atoms with van der Waals surface area (Å²) >= 11 is 7.77. The Morgan fingerprint density at radius 3 is 2.32 bits per heavy atom. The van der Waals surface area contributed by atoms with Gasteiger partial charge in [0.2, 0.25) is 0 Å². The van der Waals surface area contributed by atoms with Crippen LogP contribution in [0.1, 0.15) is 16.1 Å². The van der Waals surface area contributed by atoms with Gasteiger partial charge in [0, 0.05) is 26.7 Å². The van der Waals surface area contributed by atoms with Crippen molar-refractivity contribution >= 4 is 40.7 Å². The molecule has 0 spiro atoms. The van der Waals surface area contributed by atoms with Gasteiger partial charge >= 0.3 is 0 Å². The van der Waals surface area contributed by atoms with Crippen molar-refractivity contribution in [2.24, 2.45) is 0 Å². The third-order valence-corrected chi connectivity index (χ3v) is 4.49. The molecule has 0 N–H and O–H groups in total. The second-order valence-electron chi connectivity index (χ2n) is 4.91. The van der Waals surface area contributed by atoms with Crippen molar-refractivity contribution in [3.8, 4) is 5.69 Å². The number of halogens is 1. The molecule has 0 saturated carbocycles. The van der Waals surface area contributed by atoms with E-state index in [-0.39, 0.29) is 5.91 Å². The SMILES string of the molecule is Cc1cn(C(=O)c2ccccc2)c(=S)n1-c1ccc(I)cc1. The Balaban J connectivity index is 2.10. The summed E-state index contributed by atoms with van der Waals surface area (Å²) in [7, 11) is 0. The van der Waals surface area contributed by atoms with E-state index < -0.39 is 0 Å². The lowest BCUT2D eigenvalue weighted by Gasteiger charge is -2.06. The normalized spacial score (nSPS) is 10.6. The van der Waals surface area contributed by atoms with Crippen LogP contribution < -0.4 is 0 Å².